The first-order chi connectivity index (χ1) is 9.54. The molecule has 0 aliphatic carbocycles. The van der Waals surface area contributed by atoms with Crippen LogP contribution < -0.4 is 15.4 Å². The Labute approximate surface area is 121 Å². The summed E-state index contributed by atoms with van der Waals surface area (Å²) >= 11 is 0. The molecular formula is C15H25N3O2. The third-order valence-corrected chi connectivity index (χ3v) is 3.26. The zero-order valence-corrected chi connectivity index (χ0v) is 12.8. The third-order valence-electron chi connectivity index (χ3n) is 3.26. The molecule has 0 unspecified atom stereocenters. The Bertz CT molecular complexity index is 421. The van der Waals surface area contributed by atoms with Gasteiger partial charge in [-0.3, -0.25) is 0 Å². The number of para-hydroxylation sites is 1. The maximum atomic E-state index is 11.7. The fourth-order valence-corrected chi connectivity index (χ4v) is 1.69. The molecule has 0 atom stereocenters. The Kier molecular flexibility index (Phi) is 6.87. The molecule has 0 heterocycles. The van der Waals surface area contributed by atoms with Crippen LogP contribution in [0.5, 0.6) is 5.75 Å². The van der Waals surface area contributed by atoms with E-state index in [0.29, 0.717) is 19.1 Å². The molecule has 0 saturated carbocycles. The maximum absolute atomic E-state index is 11.7. The molecule has 0 radical (unpaired) electrons. The van der Waals surface area contributed by atoms with E-state index in [-0.39, 0.29) is 6.03 Å². The first-order valence-electron chi connectivity index (χ1n) is 6.88. The van der Waals surface area contributed by atoms with Crippen LogP contribution >= 0.6 is 0 Å². The Morgan fingerprint density at radius 1 is 1.30 bits per heavy atom. The molecule has 5 heteroatoms. The van der Waals surface area contributed by atoms with Gasteiger partial charge in [0, 0.05) is 31.2 Å². The smallest absolute Gasteiger partial charge is 0.315 e. The number of hydrogen-bond donors (Lipinski definition) is 2. The summed E-state index contributed by atoms with van der Waals surface area (Å²) in [5.41, 5.74) is 0.962. The lowest BCUT2D eigenvalue weighted by Crippen LogP contribution is -2.40. The molecule has 0 aromatic heterocycles. The summed E-state index contributed by atoms with van der Waals surface area (Å²) in [6.07, 6.45) is 0. The van der Waals surface area contributed by atoms with Crippen LogP contribution in [0.3, 0.4) is 0 Å². The van der Waals surface area contributed by atoms with Gasteiger partial charge in [-0.15, -0.1) is 0 Å². The summed E-state index contributed by atoms with van der Waals surface area (Å²) in [7, 11) is 3.67. The Morgan fingerprint density at radius 2 is 2.00 bits per heavy atom. The highest BCUT2D eigenvalue weighted by Gasteiger charge is 2.06. The van der Waals surface area contributed by atoms with Gasteiger partial charge in [0.15, 0.2) is 0 Å². The molecule has 112 valence electrons. The minimum absolute atomic E-state index is 0.159. The Balaban J connectivity index is 2.29. The number of likely N-dealkylation sites (N-methyl/N-ethyl adjacent to an activating group) is 1. The fourth-order valence-electron chi connectivity index (χ4n) is 1.69. The minimum atomic E-state index is -0.159. The standard InChI is InChI=1S/C15H25N3O2/c1-12(2)18(3)10-9-16-15(19)17-11-13-7-5-6-8-14(13)20-4/h5-8,12H,9-11H2,1-4H3,(H2,16,17,19). The molecule has 1 aromatic carbocycles. The molecule has 0 fully saturated rings. The molecule has 0 aliphatic rings. The molecule has 1 rings (SSSR count). The van der Waals surface area contributed by atoms with Gasteiger partial charge in [-0.1, -0.05) is 18.2 Å². The second-order valence-electron chi connectivity index (χ2n) is 5.00. The first-order valence-corrected chi connectivity index (χ1v) is 6.88. The monoisotopic (exact) mass is 279 g/mol. The van der Waals surface area contributed by atoms with Crippen molar-refractivity contribution in [2.24, 2.45) is 0 Å². The van der Waals surface area contributed by atoms with Gasteiger partial charge in [0.2, 0.25) is 0 Å². The van der Waals surface area contributed by atoms with Crippen molar-refractivity contribution in [3.8, 4) is 5.75 Å². The highest BCUT2D eigenvalue weighted by atomic mass is 16.5. The highest BCUT2D eigenvalue weighted by Crippen LogP contribution is 2.16. The molecule has 0 aliphatic heterocycles. The van der Waals surface area contributed by atoms with Crippen LogP contribution in [0.1, 0.15) is 19.4 Å². The van der Waals surface area contributed by atoms with Gasteiger partial charge in [0.25, 0.3) is 0 Å². The van der Waals surface area contributed by atoms with Crippen LogP contribution in [0, 0.1) is 0 Å². The second-order valence-corrected chi connectivity index (χ2v) is 5.00. The molecule has 1 aromatic rings. The molecule has 5 nitrogen and oxygen atoms in total. The van der Waals surface area contributed by atoms with Crippen LogP contribution in [-0.2, 0) is 6.54 Å². The lowest BCUT2D eigenvalue weighted by molar-refractivity contribution is 0.234. The molecule has 2 amide bonds. The van der Waals surface area contributed by atoms with Gasteiger partial charge in [-0.2, -0.15) is 0 Å². The van der Waals surface area contributed by atoms with Gasteiger partial charge in [0.05, 0.1) is 7.11 Å². The molecule has 2 N–H and O–H groups in total. The first kappa shape index (κ1) is 16.3. The third kappa shape index (κ3) is 5.48. The number of amides is 2. The SMILES string of the molecule is COc1ccccc1CNC(=O)NCCN(C)C(C)C. The van der Waals surface area contributed by atoms with Crippen LogP contribution in [0.4, 0.5) is 4.79 Å². The number of nitrogens with zero attached hydrogens (tertiary/aromatic N) is 1. The number of ether oxygens (including phenoxy) is 1. The van der Waals surface area contributed by atoms with Gasteiger partial charge in [-0.25, -0.2) is 4.79 Å². The van der Waals surface area contributed by atoms with E-state index < -0.39 is 0 Å². The number of nitrogens with one attached hydrogen (secondary N) is 2. The molecule has 0 spiro atoms. The minimum Gasteiger partial charge on any atom is -0.496 e. The quantitative estimate of drug-likeness (QED) is 0.800. The summed E-state index contributed by atoms with van der Waals surface area (Å²) in [5.74, 6) is 0.785. The van der Waals surface area contributed by atoms with Crippen molar-refractivity contribution < 1.29 is 9.53 Å². The van der Waals surface area contributed by atoms with E-state index in [9.17, 15) is 4.79 Å². The highest BCUT2D eigenvalue weighted by molar-refractivity contribution is 5.73. The second kappa shape index (κ2) is 8.43. The Hall–Kier alpha value is -1.75. The van der Waals surface area contributed by atoms with Gasteiger partial charge < -0.3 is 20.3 Å². The van der Waals surface area contributed by atoms with Crippen LogP contribution in [-0.4, -0.2) is 44.2 Å². The summed E-state index contributed by atoms with van der Waals surface area (Å²) in [5, 5.41) is 5.67. The van der Waals surface area contributed by atoms with Crippen molar-refractivity contribution in [1.82, 2.24) is 15.5 Å². The van der Waals surface area contributed by atoms with E-state index in [4.69, 9.17) is 4.74 Å². The maximum Gasteiger partial charge on any atom is 0.315 e. The van der Waals surface area contributed by atoms with E-state index in [0.717, 1.165) is 17.9 Å². The molecule has 0 bridgehead atoms. The summed E-state index contributed by atoms with van der Waals surface area (Å²) in [6, 6.07) is 7.97. The zero-order valence-electron chi connectivity index (χ0n) is 12.8. The van der Waals surface area contributed by atoms with Crippen molar-refractivity contribution in [1.29, 1.82) is 0 Å². The lowest BCUT2D eigenvalue weighted by Gasteiger charge is -2.21. The molecule has 0 saturated heterocycles. The predicted octanol–water partition coefficient (Wildman–Crippen LogP) is 1.83. The van der Waals surface area contributed by atoms with Gasteiger partial charge >= 0.3 is 6.03 Å². The molecular weight excluding hydrogens is 254 g/mol. The largest absolute Gasteiger partial charge is 0.496 e. The van der Waals surface area contributed by atoms with Crippen molar-refractivity contribution >= 4 is 6.03 Å². The van der Waals surface area contributed by atoms with Gasteiger partial charge in [-0.05, 0) is 27.0 Å². The number of carbonyl (C=O) groups excluding carboxylic acids is 1. The number of benzene rings is 1. The topological polar surface area (TPSA) is 53.6 Å². The molecule has 20 heavy (non-hydrogen) atoms. The van der Waals surface area contributed by atoms with Gasteiger partial charge in [0.1, 0.15) is 5.75 Å². The van der Waals surface area contributed by atoms with Crippen molar-refractivity contribution in [2.45, 2.75) is 26.4 Å². The Morgan fingerprint density at radius 3 is 2.65 bits per heavy atom. The fraction of sp³-hybridized carbons (Fsp3) is 0.533. The number of carbonyl (C=O) groups is 1. The normalized spacial score (nSPS) is 10.7. The van der Waals surface area contributed by atoms with E-state index in [1.807, 2.05) is 31.3 Å². The predicted molar refractivity (Wildman–Crippen MR) is 81.0 cm³/mol. The summed E-state index contributed by atoms with van der Waals surface area (Å²) in [6.45, 7) is 6.17. The van der Waals surface area contributed by atoms with Crippen molar-refractivity contribution in [3.63, 3.8) is 0 Å². The average Bonchev–Trinajstić information content (AvgIpc) is 2.45. The zero-order chi connectivity index (χ0) is 15.0. The number of hydrogen-bond acceptors (Lipinski definition) is 3. The lowest BCUT2D eigenvalue weighted by atomic mass is 10.2. The average molecular weight is 279 g/mol. The van der Waals surface area contributed by atoms with E-state index in [1.165, 1.54) is 0 Å². The van der Waals surface area contributed by atoms with E-state index in [1.54, 1.807) is 7.11 Å². The summed E-state index contributed by atoms with van der Waals surface area (Å²) < 4.78 is 5.24. The number of rotatable bonds is 7. The van der Waals surface area contributed by atoms with Crippen LogP contribution in [0.15, 0.2) is 24.3 Å². The van der Waals surface area contributed by atoms with Crippen LogP contribution in [0.25, 0.3) is 0 Å². The number of urea groups is 1. The van der Waals surface area contributed by atoms with E-state index in [2.05, 4.69) is 29.4 Å². The van der Waals surface area contributed by atoms with Crippen molar-refractivity contribution in [3.05, 3.63) is 29.8 Å². The van der Waals surface area contributed by atoms with Crippen molar-refractivity contribution in [2.75, 3.05) is 27.2 Å². The number of methoxy groups -OCH3 is 1. The summed E-state index contributed by atoms with van der Waals surface area (Å²) in [4.78, 5) is 13.9. The van der Waals surface area contributed by atoms with Crippen LogP contribution in [0.2, 0.25) is 0 Å². The van der Waals surface area contributed by atoms with E-state index >= 15 is 0 Å².